The molecule has 2 aromatic carbocycles. The van der Waals surface area contributed by atoms with E-state index in [-0.39, 0.29) is 11.2 Å². The summed E-state index contributed by atoms with van der Waals surface area (Å²) in [6, 6.07) is 12.9. The zero-order valence-electron chi connectivity index (χ0n) is 9.99. The molecule has 1 atom stereocenters. The van der Waals surface area contributed by atoms with Crippen LogP contribution in [0.1, 0.15) is 5.56 Å². The second-order valence-corrected chi connectivity index (χ2v) is 5.48. The molecule has 1 unspecified atom stereocenters. The SMILES string of the molecule is O=S(Cc1ccc(B(O)O)c(F)c1)c1ccccc1. The summed E-state index contributed by atoms with van der Waals surface area (Å²) in [6.45, 7) is 0. The number of halogens is 1. The van der Waals surface area contributed by atoms with Crippen LogP contribution in [0.25, 0.3) is 0 Å². The Kier molecular flexibility index (Phi) is 4.47. The van der Waals surface area contributed by atoms with Crippen LogP contribution in [0.5, 0.6) is 0 Å². The van der Waals surface area contributed by atoms with Gasteiger partial charge in [-0.2, -0.15) is 0 Å². The molecule has 2 N–H and O–H groups in total. The van der Waals surface area contributed by atoms with Gasteiger partial charge in [-0.3, -0.25) is 4.21 Å². The average molecular weight is 278 g/mol. The molecule has 0 amide bonds. The molecule has 0 aliphatic carbocycles. The smallest absolute Gasteiger partial charge is 0.423 e. The van der Waals surface area contributed by atoms with Gasteiger partial charge in [0.15, 0.2) is 0 Å². The van der Waals surface area contributed by atoms with Crippen LogP contribution < -0.4 is 5.46 Å². The minimum absolute atomic E-state index is 0.183. The maximum atomic E-state index is 13.5. The fourth-order valence-corrected chi connectivity index (χ4v) is 2.79. The maximum Gasteiger partial charge on any atom is 0.491 e. The molecule has 0 saturated heterocycles. The Morgan fingerprint density at radius 1 is 1.11 bits per heavy atom. The summed E-state index contributed by atoms with van der Waals surface area (Å²) < 4.78 is 25.6. The van der Waals surface area contributed by atoms with E-state index in [1.54, 1.807) is 30.3 Å². The Balaban J connectivity index is 2.16. The molecule has 6 heteroatoms. The lowest BCUT2D eigenvalue weighted by molar-refractivity contribution is 0.423. The zero-order chi connectivity index (χ0) is 13.8. The summed E-state index contributed by atoms with van der Waals surface area (Å²) in [7, 11) is -3.09. The molecule has 0 aliphatic heterocycles. The number of rotatable bonds is 4. The minimum Gasteiger partial charge on any atom is -0.423 e. The third kappa shape index (κ3) is 3.50. The molecule has 98 valence electrons. The van der Waals surface area contributed by atoms with Crippen LogP contribution in [-0.4, -0.2) is 21.4 Å². The van der Waals surface area contributed by atoms with Gasteiger partial charge in [-0.15, -0.1) is 0 Å². The summed E-state index contributed by atoms with van der Waals surface area (Å²) in [5.41, 5.74) is 0.360. The third-order valence-electron chi connectivity index (χ3n) is 2.65. The Morgan fingerprint density at radius 2 is 1.79 bits per heavy atom. The Morgan fingerprint density at radius 3 is 2.37 bits per heavy atom. The molecular weight excluding hydrogens is 266 g/mol. The summed E-state index contributed by atoms with van der Waals surface area (Å²) in [4.78, 5) is 0.675. The van der Waals surface area contributed by atoms with Gasteiger partial charge >= 0.3 is 7.12 Å². The van der Waals surface area contributed by atoms with Crippen molar-refractivity contribution in [1.29, 1.82) is 0 Å². The van der Waals surface area contributed by atoms with E-state index in [4.69, 9.17) is 10.0 Å². The minimum atomic E-state index is -1.84. The highest BCUT2D eigenvalue weighted by atomic mass is 32.2. The number of hydrogen-bond donors (Lipinski definition) is 2. The monoisotopic (exact) mass is 278 g/mol. The van der Waals surface area contributed by atoms with Gasteiger partial charge in [-0.1, -0.05) is 30.3 Å². The molecule has 2 rings (SSSR count). The van der Waals surface area contributed by atoms with Gasteiger partial charge in [0.25, 0.3) is 0 Å². The zero-order valence-corrected chi connectivity index (χ0v) is 10.8. The van der Waals surface area contributed by atoms with E-state index in [0.29, 0.717) is 10.5 Å². The quantitative estimate of drug-likeness (QED) is 0.814. The first-order valence-electron chi connectivity index (χ1n) is 5.66. The van der Waals surface area contributed by atoms with Crippen molar-refractivity contribution < 1.29 is 18.6 Å². The molecule has 0 heterocycles. The normalized spacial score (nSPS) is 12.2. The van der Waals surface area contributed by atoms with Crippen molar-refractivity contribution in [2.75, 3.05) is 0 Å². The van der Waals surface area contributed by atoms with Crippen LogP contribution in [0.15, 0.2) is 53.4 Å². The molecule has 3 nitrogen and oxygen atoms in total. The largest absolute Gasteiger partial charge is 0.491 e. The van der Waals surface area contributed by atoms with Gasteiger partial charge in [-0.25, -0.2) is 4.39 Å². The van der Waals surface area contributed by atoms with Gasteiger partial charge in [0.05, 0.1) is 16.6 Å². The van der Waals surface area contributed by atoms with Crippen molar-refractivity contribution in [3.05, 3.63) is 59.9 Å². The van der Waals surface area contributed by atoms with Crippen LogP contribution in [0.2, 0.25) is 0 Å². The first-order valence-corrected chi connectivity index (χ1v) is 6.97. The second-order valence-electron chi connectivity index (χ2n) is 4.03. The highest BCUT2D eigenvalue weighted by Gasteiger charge is 2.17. The van der Waals surface area contributed by atoms with Crippen LogP contribution in [0.3, 0.4) is 0 Å². The molecular formula is C13H12BFO3S. The molecule has 0 radical (unpaired) electrons. The van der Waals surface area contributed by atoms with Crippen LogP contribution in [0.4, 0.5) is 4.39 Å². The average Bonchev–Trinajstić information content (AvgIpc) is 2.39. The van der Waals surface area contributed by atoms with E-state index in [0.717, 1.165) is 0 Å². The van der Waals surface area contributed by atoms with Crippen molar-refractivity contribution in [2.24, 2.45) is 0 Å². The summed E-state index contributed by atoms with van der Waals surface area (Å²) >= 11 is 0. The highest BCUT2D eigenvalue weighted by Crippen LogP contribution is 2.12. The van der Waals surface area contributed by atoms with E-state index >= 15 is 0 Å². The predicted octanol–water partition coefficient (Wildman–Crippen LogP) is 0.813. The lowest BCUT2D eigenvalue weighted by atomic mass is 9.79. The molecule has 2 aromatic rings. The maximum absolute atomic E-state index is 13.5. The van der Waals surface area contributed by atoms with Crippen LogP contribution in [0, 0.1) is 5.82 Å². The lowest BCUT2D eigenvalue weighted by Crippen LogP contribution is -2.32. The van der Waals surface area contributed by atoms with Crippen molar-refractivity contribution in [3.63, 3.8) is 0 Å². The van der Waals surface area contributed by atoms with E-state index in [9.17, 15) is 8.60 Å². The van der Waals surface area contributed by atoms with Crippen LogP contribution in [-0.2, 0) is 16.6 Å². The standard InChI is InChI=1S/C13H12BFO3S/c15-13-8-10(6-7-12(13)14(16)17)9-19(18)11-4-2-1-3-5-11/h1-8,16-17H,9H2. The van der Waals surface area contributed by atoms with E-state index < -0.39 is 23.7 Å². The van der Waals surface area contributed by atoms with E-state index in [1.807, 2.05) is 6.07 Å². The molecule has 0 aliphatic rings. The van der Waals surface area contributed by atoms with Crippen molar-refractivity contribution in [1.82, 2.24) is 0 Å². The fourth-order valence-electron chi connectivity index (χ4n) is 1.68. The Labute approximate surface area is 113 Å². The summed E-state index contributed by atoms with van der Waals surface area (Å²) in [6.07, 6.45) is 0. The highest BCUT2D eigenvalue weighted by molar-refractivity contribution is 7.84. The van der Waals surface area contributed by atoms with Gasteiger partial charge < -0.3 is 10.0 Å². The lowest BCUT2D eigenvalue weighted by Gasteiger charge is -2.06. The van der Waals surface area contributed by atoms with Gasteiger partial charge in [0.2, 0.25) is 0 Å². The fraction of sp³-hybridized carbons (Fsp3) is 0.0769. The summed E-state index contributed by atoms with van der Waals surface area (Å²) in [5.74, 6) is -0.527. The molecule has 0 bridgehead atoms. The number of benzene rings is 2. The molecule has 0 fully saturated rings. The first kappa shape index (κ1) is 13.9. The van der Waals surface area contributed by atoms with E-state index in [2.05, 4.69) is 0 Å². The molecule has 0 spiro atoms. The first-order chi connectivity index (χ1) is 9.08. The van der Waals surface area contributed by atoms with Gasteiger partial charge in [0.1, 0.15) is 5.82 Å². The topological polar surface area (TPSA) is 57.5 Å². The van der Waals surface area contributed by atoms with E-state index in [1.165, 1.54) is 12.1 Å². The van der Waals surface area contributed by atoms with Crippen molar-refractivity contribution in [3.8, 4) is 0 Å². The van der Waals surface area contributed by atoms with Gasteiger partial charge in [-0.05, 0) is 23.8 Å². The molecule has 19 heavy (non-hydrogen) atoms. The third-order valence-corrected chi connectivity index (χ3v) is 4.04. The number of hydrogen-bond acceptors (Lipinski definition) is 3. The Hall–Kier alpha value is -1.50. The van der Waals surface area contributed by atoms with Crippen molar-refractivity contribution in [2.45, 2.75) is 10.6 Å². The predicted molar refractivity (Wildman–Crippen MR) is 72.8 cm³/mol. The second kappa shape index (κ2) is 6.10. The van der Waals surface area contributed by atoms with Crippen LogP contribution >= 0.6 is 0 Å². The summed E-state index contributed by atoms with van der Waals surface area (Å²) in [5, 5.41) is 17.8. The Bertz CT molecular complexity index is 590. The van der Waals surface area contributed by atoms with Crippen molar-refractivity contribution >= 4 is 23.4 Å². The van der Waals surface area contributed by atoms with Gasteiger partial charge in [0, 0.05) is 10.4 Å². The molecule has 0 saturated carbocycles. The molecule has 0 aromatic heterocycles.